The van der Waals surface area contributed by atoms with E-state index in [9.17, 15) is 9.59 Å². The predicted molar refractivity (Wildman–Crippen MR) is 124 cm³/mol. The number of benzene rings is 2. The number of hydrogen-bond donors (Lipinski definition) is 4. The quantitative estimate of drug-likeness (QED) is 0.281. The summed E-state index contributed by atoms with van der Waals surface area (Å²) in [5.41, 5.74) is 8.15. The Morgan fingerprint density at radius 3 is 2.83 bits per heavy atom. The first-order valence-corrected chi connectivity index (χ1v) is 11.9. The van der Waals surface area contributed by atoms with Gasteiger partial charge in [0.1, 0.15) is 0 Å². The smallest absolute Gasteiger partial charge is 0.315 e. The Balaban J connectivity index is 1.12. The Kier molecular flexibility index (Phi) is 6.67. The summed E-state index contributed by atoms with van der Waals surface area (Å²) in [5.74, 6) is 1.11. The number of amides is 3. The van der Waals surface area contributed by atoms with Gasteiger partial charge in [-0.15, -0.1) is 0 Å². The second kappa shape index (κ2) is 9.60. The van der Waals surface area contributed by atoms with Gasteiger partial charge in [0, 0.05) is 35.0 Å². The number of nitrogen functional groups attached to an aromatic ring is 1. The second-order valence-electron chi connectivity index (χ2n) is 8.18. The SMILES string of the molecule is Nc1cccc2c(CCCNC(=O)CCCCC3SCC4NC(=O)NC43)cccc12. The van der Waals surface area contributed by atoms with E-state index in [1.807, 2.05) is 30.0 Å². The van der Waals surface area contributed by atoms with Crippen LogP contribution in [0.3, 0.4) is 0 Å². The summed E-state index contributed by atoms with van der Waals surface area (Å²) in [6.07, 6.45) is 5.36. The van der Waals surface area contributed by atoms with Gasteiger partial charge in [-0.05, 0) is 42.7 Å². The van der Waals surface area contributed by atoms with Crippen molar-refractivity contribution in [2.45, 2.75) is 55.9 Å². The zero-order valence-electron chi connectivity index (χ0n) is 17.2. The molecule has 2 aliphatic rings. The average molecular weight is 427 g/mol. The summed E-state index contributed by atoms with van der Waals surface area (Å²) in [5, 5.41) is 11.8. The van der Waals surface area contributed by atoms with E-state index in [-0.39, 0.29) is 24.0 Å². The molecule has 160 valence electrons. The molecule has 6 nitrogen and oxygen atoms in total. The number of thioether (sulfide) groups is 1. The minimum absolute atomic E-state index is 0.0401. The van der Waals surface area contributed by atoms with Gasteiger partial charge in [0.2, 0.25) is 5.91 Å². The first kappa shape index (κ1) is 20.8. The van der Waals surface area contributed by atoms with Crippen LogP contribution in [-0.4, -0.2) is 41.6 Å². The van der Waals surface area contributed by atoms with Crippen molar-refractivity contribution >= 4 is 40.2 Å². The molecule has 2 fully saturated rings. The topological polar surface area (TPSA) is 96.2 Å². The molecule has 0 bridgehead atoms. The molecule has 0 aromatic heterocycles. The Morgan fingerprint density at radius 1 is 1.10 bits per heavy atom. The summed E-state index contributed by atoms with van der Waals surface area (Å²) in [6.45, 7) is 0.692. The maximum Gasteiger partial charge on any atom is 0.315 e. The standard InChI is InChI=1S/C23H30N4O2S/c24-18-10-4-8-16-15(6-3-9-17(16)18)7-5-13-25-21(28)12-2-1-11-20-22-19(14-30-20)26-23(29)27-22/h3-4,6,8-10,19-20,22H,1-2,5,7,11-14,24H2,(H,25,28)(H2,26,27,29). The molecule has 2 aromatic rings. The minimum atomic E-state index is -0.0401. The van der Waals surface area contributed by atoms with Crippen LogP contribution in [0.1, 0.15) is 37.7 Å². The molecule has 7 heteroatoms. The fraction of sp³-hybridized carbons (Fsp3) is 0.478. The monoisotopic (exact) mass is 426 g/mol. The first-order valence-electron chi connectivity index (χ1n) is 10.8. The first-order chi connectivity index (χ1) is 14.6. The van der Waals surface area contributed by atoms with Crippen molar-refractivity contribution in [3.05, 3.63) is 42.0 Å². The zero-order valence-corrected chi connectivity index (χ0v) is 18.0. The van der Waals surface area contributed by atoms with Gasteiger partial charge in [-0.25, -0.2) is 4.79 Å². The molecule has 0 radical (unpaired) electrons. The Hall–Kier alpha value is -2.41. The lowest BCUT2D eigenvalue weighted by atomic mass is 10.00. The minimum Gasteiger partial charge on any atom is -0.398 e. The number of anilines is 1. The van der Waals surface area contributed by atoms with Crippen LogP contribution in [0.2, 0.25) is 0 Å². The number of unbranched alkanes of at least 4 members (excludes halogenated alkanes) is 1. The maximum absolute atomic E-state index is 12.1. The molecule has 2 aliphatic heterocycles. The Labute approximate surface area is 181 Å². The molecule has 5 N–H and O–H groups in total. The molecular weight excluding hydrogens is 396 g/mol. The highest BCUT2D eigenvalue weighted by atomic mass is 32.2. The van der Waals surface area contributed by atoms with Crippen molar-refractivity contribution in [2.24, 2.45) is 0 Å². The molecule has 3 atom stereocenters. The number of nitrogens with one attached hydrogen (secondary N) is 3. The molecule has 2 heterocycles. The van der Waals surface area contributed by atoms with Gasteiger partial charge in [0.05, 0.1) is 12.1 Å². The van der Waals surface area contributed by atoms with Crippen molar-refractivity contribution in [1.29, 1.82) is 0 Å². The van der Waals surface area contributed by atoms with Crippen LogP contribution in [0.5, 0.6) is 0 Å². The summed E-state index contributed by atoms with van der Waals surface area (Å²) >= 11 is 1.93. The number of fused-ring (bicyclic) bond motifs is 2. The lowest BCUT2D eigenvalue weighted by Gasteiger charge is -2.16. The van der Waals surface area contributed by atoms with E-state index in [2.05, 4.69) is 34.1 Å². The molecule has 3 amide bonds. The molecule has 0 aliphatic carbocycles. The van der Waals surface area contributed by atoms with E-state index >= 15 is 0 Å². The average Bonchev–Trinajstić information content (AvgIpc) is 3.28. The Bertz CT molecular complexity index is 919. The van der Waals surface area contributed by atoms with E-state index in [1.54, 1.807) is 0 Å². The second-order valence-corrected chi connectivity index (χ2v) is 9.45. The lowest BCUT2D eigenvalue weighted by molar-refractivity contribution is -0.121. The van der Waals surface area contributed by atoms with E-state index in [4.69, 9.17) is 5.73 Å². The van der Waals surface area contributed by atoms with Crippen molar-refractivity contribution in [3.8, 4) is 0 Å². The van der Waals surface area contributed by atoms with E-state index in [0.717, 1.165) is 48.9 Å². The lowest BCUT2D eigenvalue weighted by Crippen LogP contribution is -2.36. The van der Waals surface area contributed by atoms with Crippen molar-refractivity contribution in [3.63, 3.8) is 0 Å². The molecular formula is C23H30N4O2S. The highest BCUT2D eigenvalue weighted by Gasteiger charge is 2.42. The Morgan fingerprint density at radius 2 is 1.93 bits per heavy atom. The van der Waals surface area contributed by atoms with Crippen LogP contribution in [0.4, 0.5) is 10.5 Å². The highest BCUT2D eigenvalue weighted by Crippen LogP contribution is 2.33. The van der Waals surface area contributed by atoms with E-state index in [0.29, 0.717) is 18.2 Å². The van der Waals surface area contributed by atoms with Gasteiger partial charge in [0.25, 0.3) is 0 Å². The molecule has 0 saturated carbocycles. The van der Waals surface area contributed by atoms with Crippen LogP contribution >= 0.6 is 11.8 Å². The van der Waals surface area contributed by atoms with Crippen LogP contribution in [0.15, 0.2) is 36.4 Å². The van der Waals surface area contributed by atoms with Gasteiger partial charge in [-0.1, -0.05) is 36.8 Å². The summed E-state index contributed by atoms with van der Waals surface area (Å²) in [4.78, 5) is 23.6. The molecule has 3 unspecified atom stereocenters. The molecule has 2 saturated heterocycles. The van der Waals surface area contributed by atoms with Crippen LogP contribution in [0, 0.1) is 0 Å². The summed E-state index contributed by atoms with van der Waals surface area (Å²) in [6, 6.07) is 12.7. The number of carbonyl (C=O) groups is 2. The normalized spacial score (nSPS) is 22.5. The van der Waals surface area contributed by atoms with E-state index < -0.39 is 0 Å². The van der Waals surface area contributed by atoms with Crippen LogP contribution < -0.4 is 21.7 Å². The van der Waals surface area contributed by atoms with Gasteiger partial charge in [-0.2, -0.15) is 11.8 Å². The van der Waals surface area contributed by atoms with Crippen molar-refractivity contribution in [2.75, 3.05) is 18.0 Å². The molecule has 0 spiro atoms. The summed E-state index contributed by atoms with van der Waals surface area (Å²) < 4.78 is 0. The van der Waals surface area contributed by atoms with Crippen molar-refractivity contribution in [1.82, 2.24) is 16.0 Å². The predicted octanol–water partition coefficient (Wildman–Crippen LogP) is 3.20. The highest BCUT2D eigenvalue weighted by molar-refractivity contribution is 8.00. The number of rotatable bonds is 9. The number of hydrogen-bond acceptors (Lipinski definition) is 4. The van der Waals surface area contributed by atoms with Crippen molar-refractivity contribution < 1.29 is 9.59 Å². The van der Waals surface area contributed by atoms with Crippen LogP contribution in [0.25, 0.3) is 10.8 Å². The van der Waals surface area contributed by atoms with Gasteiger partial charge in [0.15, 0.2) is 0 Å². The third-order valence-corrected chi connectivity index (χ3v) is 7.58. The molecule has 4 rings (SSSR count). The van der Waals surface area contributed by atoms with Gasteiger partial charge in [-0.3, -0.25) is 4.79 Å². The zero-order chi connectivity index (χ0) is 20.9. The number of nitrogens with two attached hydrogens (primary N) is 1. The number of aryl methyl sites for hydroxylation is 1. The maximum atomic E-state index is 12.1. The third-order valence-electron chi connectivity index (χ3n) is 6.07. The van der Waals surface area contributed by atoms with E-state index in [1.165, 1.54) is 10.9 Å². The molecule has 30 heavy (non-hydrogen) atoms. The van der Waals surface area contributed by atoms with Gasteiger partial charge < -0.3 is 21.7 Å². The number of carbonyl (C=O) groups excluding carboxylic acids is 2. The number of urea groups is 1. The van der Waals surface area contributed by atoms with Crippen LogP contribution in [-0.2, 0) is 11.2 Å². The fourth-order valence-corrected chi connectivity index (χ4v) is 6.03. The summed E-state index contributed by atoms with van der Waals surface area (Å²) in [7, 11) is 0. The molecule has 2 aromatic carbocycles. The van der Waals surface area contributed by atoms with Gasteiger partial charge >= 0.3 is 6.03 Å². The largest absolute Gasteiger partial charge is 0.398 e. The third kappa shape index (κ3) is 4.83. The fourth-order valence-electron chi connectivity index (χ4n) is 4.49.